The number of hydrogen-bond acceptors (Lipinski definition) is 5. The summed E-state index contributed by atoms with van der Waals surface area (Å²) >= 11 is 0. The van der Waals surface area contributed by atoms with E-state index in [1.165, 1.54) is 18.3 Å². The Morgan fingerprint density at radius 3 is 2.58 bits per heavy atom. The number of pyridine rings is 1. The van der Waals surface area contributed by atoms with Crippen LogP contribution in [0.2, 0.25) is 0 Å². The van der Waals surface area contributed by atoms with Gasteiger partial charge in [0.25, 0.3) is 5.91 Å². The van der Waals surface area contributed by atoms with Crippen LogP contribution in [0.4, 0.5) is 13.2 Å². The molecular weight excluding hydrogens is 349 g/mol. The molecule has 26 heavy (non-hydrogen) atoms. The number of rotatable bonds is 7. The third-order valence-electron chi connectivity index (χ3n) is 4.39. The van der Waals surface area contributed by atoms with Crippen molar-refractivity contribution in [3.8, 4) is 5.88 Å². The fraction of sp³-hybridized carbons (Fsp3) is 0.647. The number of nitrogens with zero attached hydrogens (tertiary/aromatic N) is 3. The minimum atomic E-state index is -4.52. The van der Waals surface area contributed by atoms with E-state index in [0.29, 0.717) is 13.1 Å². The van der Waals surface area contributed by atoms with E-state index in [9.17, 15) is 18.0 Å². The summed E-state index contributed by atoms with van der Waals surface area (Å²) in [6, 6.07) is 2.89. The third kappa shape index (κ3) is 5.84. The van der Waals surface area contributed by atoms with Crippen LogP contribution in [0.25, 0.3) is 0 Å². The van der Waals surface area contributed by atoms with Crippen LogP contribution >= 0.6 is 0 Å². The normalized spacial score (nSPS) is 17.7. The van der Waals surface area contributed by atoms with Crippen LogP contribution in [-0.2, 0) is 0 Å². The molecule has 0 aliphatic carbocycles. The smallest absolute Gasteiger partial charge is 0.425 e. The predicted octanol–water partition coefficient (Wildman–Crippen LogP) is 1.78. The molecule has 0 aromatic carbocycles. The SMILES string of the molecule is CCN1CCN(CCNC(=O)c2cccnc2O[C@@H](C)C(F)(F)F)CC1. The number of piperazine rings is 1. The van der Waals surface area contributed by atoms with Crippen molar-refractivity contribution in [1.82, 2.24) is 20.1 Å². The first-order valence-corrected chi connectivity index (χ1v) is 8.72. The van der Waals surface area contributed by atoms with Crippen LogP contribution < -0.4 is 10.1 Å². The van der Waals surface area contributed by atoms with Crippen molar-refractivity contribution in [2.75, 3.05) is 45.8 Å². The number of likely N-dealkylation sites (N-methyl/N-ethyl adjacent to an activating group) is 1. The Kier molecular flexibility index (Phi) is 7.22. The second-order valence-corrected chi connectivity index (χ2v) is 6.19. The summed E-state index contributed by atoms with van der Waals surface area (Å²) in [5.74, 6) is -0.805. The Balaban J connectivity index is 1.86. The number of carbonyl (C=O) groups excluding carboxylic acids is 1. The molecule has 0 unspecified atom stereocenters. The summed E-state index contributed by atoms with van der Waals surface area (Å²) in [6.07, 6.45) is -5.27. The summed E-state index contributed by atoms with van der Waals surface area (Å²) in [5, 5.41) is 2.73. The molecule has 2 heterocycles. The first kappa shape index (κ1) is 20.4. The zero-order valence-corrected chi connectivity index (χ0v) is 15.1. The van der Waals surface area contributed by atoms with Gasteiger partial charge in [0.2, 0.25) is 5.88 Å². The molecule has 9 heteroatoms. The van der Waals surface area contributed by atoms with E-state index in [4.69, 9.17) is 4.74 Å². The molecule has 1 amide bonds. The van der Waals surface area contributed by atoms with Crippen LogP contribution in [0.15, 0.2) is 18.3 Å². The first-order chi connectivity index (χ1) is 12.3. The number of carbonyl (C=O) groups is 1. The molecule has 0 bridgehead atoms. The van der Waals surface area contributed by atoms with Crippen LogP contribution in [-0.4, -0.2) is 78.8 Å². The zero-order valence-electron chi connectivity index (χ0n) is 15.1. The monoisotopic (exact) mass is 374 g/mol. The molecule has 0 saturated carbocycles. The maximum Gasteiger partial charge on any atom is 0.425 e. The van der Waals surface area contributed by atoms with E-state index < -0.39 is 18.2 Å². The van der Waals surface area contributed by atoms with E-state index in [1.54, 1.807) is 0 Å². The standard InChI is InChI=1S/C17H25F3N4O2/c1-3-23-9-11-24(12-10-23)8-7-21-15(25)14-5-4-6-22-16(14)26-13(2)17(18,19)20/h4-6,13H,3,7-12H2,1-2H3,(H,21,25)/t13-/m0/s1. The molecule has 0 radical (unpaired) electrons. The van der Waals surface area contributed by atoms with Gasteiger partial charge in [0.1, 0.15) is 5.56 Å². The van der Waals surface area contributed by atoms with Crippen molar-refractivity contribution in [2.24, 2.45) is 0 Å². The molecule has 146 valence electrons. The Morgan fingerprint density at radius 1 is 1.31 bits per heavy atom. The van der Waals surface area contributed by atoms with Gasteiger partial charge in [-0.2, -0.15) is 13.2 Å². The molecule has 1 atom stereocenters. The van der Waals surface area contributed by atoms with Crippen LogP contribution in [0.3, 0.4) is 0 Å². The minimum absolute atomic E-state index is 0.000553. The second kappa shape index (κ2) is 9.18. The van der Waals surface area contributed by atoms with Crippen molar-refractivity contribution < 1.29 is 22.7 Å². The van der Waals surface area contributed by atoms with Gasteiger partial charge in [-0.15, -0.1) is 0 Å². The lowest BCUT2D eigenvalue weighted by Gasteiger charge is -2.33. The molecule has 1 fully saturated rings. The number of aromatic nitrogens is 1. The van der Waals surface area contributed by atoms with Gasteiger partial charge in [-0.3, -0.25) is 9.69 Å². The van der Waals surface area contributed by atoms with E-state index >= 15 is 0 Å². The lowest BCUT2D eigenvalue weighted by Crippen LogP contribution is -2.48. The lowest BCUT2D eigenvalue weighted by molar-refractivity contribution is -0.190. The molecule has 1 aromatic heterocycles. The fourth-order valence-electron chi connectivity index (χ4n) is 2.64. The number of nitrogens with one attached hydrogen (secondary N) is 1. The Bertz CT molecular complexity index is 590. The third-order valence-corrected chi connectivity index (χ3v) is 4.39. The highest BCUT2D eigenvalue weighted by Gasteiger charge is 2.39. The van der Waals surface area contributed by atoms with Crippen LogP contribution in [0.5, 0.6) is 5.88 Å². The van der Waals surface area contributed by atoms with Crippen molar-refractivity contribution in [1.29, 1.82) is 0 Å². The summed E-state index contributed by atoms with van der Waals surface area (Å²) in [6.45, 7) is 9.02. The van der Waals surface area contributed by atoms with Crippen molar-refractivity contribution in [2.45, 2.75) is 26.1 Å². The summed E-state index contributed by atoms with van der Waals surface area (Å²) in [5.41, 5.74) is -0.000553. The summed E-state index contributed by atoms with van der Waals surface area (Å²) in [7, 11) is 0. The van der Waals surface area contributed by atoms with Crippen LogP contribution in [0, 0.1) is 0 Å². The topological polar surface area (TPSA) is 57.7 Å². The largest absolute Gasteiger partial charge is 0.464 e. The average Bonchev–Trinajstić information content (AvgIpc) is 2.62. The van der Waals surface area contributed by atoms with Gasteiger partial charge in [-0.25, -0.2) is 4.98 Å². The molecule has 1 N–H and O–H groups in total. The summed E-state index contributed by atoms with van der Waals surface area (Å²) in [4.78, 5) is 20.7. The number of halogens is 3. The Hall–Kier alpha value is -1.87. The van der Waals surface area contributed by atoms with Crippen molar-refractivity contribution in [3.63, 3.8) is 0 Å². The predicted molar refractivity (Wildman–Crippen MR) is 91.3 cm³/mol. The number of amides is 1. The highest BCUT2D eigenvalue weighted by molar-refractivity contribution is 5.96. The van der Waals surface area contributed by atoms with Gasteiger partial charge in [0.05, 0.1) is 0 Å². The molecule has 1 aliphatic heterocycles. The summed E-state index contributed by atoms with van der Waals surface area (Å²) < 4.78 is 42.8. The zero-order chi connectivity index (χ0) is 19.2. The minimum Gasteiger partial charge on any atom is -0.464 e. The number of hydrogen-bond donors (Lipinski definition) is 1. The van der Waals surface area contributed by atoms with E-state index in [-0.39, 0.29) is 11.4 Å². The second-order valence-electron chi connectivity index (χ2n) is 6.19. The van der Waals surface area contributed by atoms with E-state index in [1.807, 2.05) is 0 Å². The number of ether oxygens (including phenoxy) is 1. The fourth-order valence-corrected chi connectivity index (χ4v) is 2.64. The lowest BCUT2D eigenvalue weighted by atomic mass is 10.2. The number of alkyl halides is 3. The molecule has 2 rings (SSSR count). The molecular formula is C17H25F3N4O2. The molecule has 1 saturated heterocycles. The quantitative estimate of drug-likeness (QED) is 0.789. The molecule has 6 nitrogen and oxygen atoms in total. The highest BCUT2D eigenvalue weighted by Crippen LogP contribution is 2.25. The Morgan fingerprint density at radius 2 is 1.96 bits per heavy atom. The molecule has 1 aliphatic rings. The van der Waals surface area contributed by atoms with Crippen molar-refractivity contribution >= 4 is 5.91 Å². The maximum absolute atomic E-state index is 12.7. The van der Waals surface area contributed by atoms with E-state index in [0.717, 1.165) is 39.6 Å². The van der Waals surface area contributed by atoms with Gasteiger partial charge in [0.15, 0.2) is 6.10 Å². The van der Waals surface area contributed by atoms with Gasteiger partial charge in [-0.1, -0.05) is 6.92 Å². The van der Waals surface area contributed by atoms with Gasteiger partial charge in [-0.05, 0) is 25.6 Å². The van der Waals surface area contributed by atoms with Crippen molar-refractivity contribution in [3.05, 3.63) is 23.9 Å². The van der Waals surface area contributed by atoms with Gasteiger partial charge in [0, 0.05) is 45.5 Å². The van der Waals surface area contributed by atoms with Gasteiger partial charge < -0.3 is 15.0 Å². The maximum atomic E-state index is 12.7. The molecule has 0 spiro atoms. The average molecular weight is 374 g/mol. The van der Waals surface area contributed by atoms with Gasteiger partial charge >= 0.3 is 6.18 Å². The molecule has 1 aromatic rings. The highest BCUT2D eigenvalue weighted by atomic mass is 19.4. The van der Waals surface area contributed by atoms with Crippen LogP contribution in [0.1, 0.15) is 24.2 Å². The van der Waals surface area contributed by atoms with E-state index in [2.05, 4.69) is 27.0 Å². The first-order valence-electron chi connectivity index (χ1n) is 8.72. The Labute approximate surface area is 151 Å².